The van der Waals surface area contributed by atoms with E-state index >= 15 is 0 Å². The van der Waals surface area contributed by atoms with Crippen molar-refractivity contribution in [1.29, 1.82) is 0 Å². The SMILES string of the molecule is CNC(=O)NSc1ccc(N2CCN(c3ccc(C(F)(F)F)cn3)CC2)nc1. The molecule has 2 amide bonds. The van der Waals surface area contributed by atoms with Crippen LogP contribution in [0.4, 0.5) is 29.6 Å². The van der Waals surface area contributed by atoms with E-state index in [0.717, 1.165) is 23.0 Å². The van der Waals surface area contributed by atoms with Crippen LogP contribution in [0.15, 0.2) is 41.6 Å². The van der Waals surface area contributed by atoms with Gasteiger partial charge in [0.2, 0.25) is 0 Å². The number of amides is 2. The first-order valence-corrected chi connectivity index (χ1v) is 9.32. The standard InChI is InChI=1S/C17H19F3N6OS/c1-21-16(27)24-28-13-3-5-15(23-11-13)26-8-6-25(7-9-26)14-4-2-12(10-22-14)17(18,19)20/h2-5,10-11H,6-9H2,1H3,(H2,21,24,27). The highest BCUT2D eigenvalue weighted by atomic mass is 32.2. The lowest BCUT2D eigenvalue weighted by Crippen LogP contribution is -2.47. The van der Waals surface area contributed by atoms with Crippen molar-refractivity contribution in [3.8, 4) is 0 Å². The first-order valence-electron chi connectivity index (χ1n) is 8.50. The Labute approximate surface area is 164 Å². The van der Waals surface area contributed by atoms with Crippen LogP contribution < -0.4 is 19.8 Å². The highest BCUT2D eigenvalue weighted by Crippen LogP contribution is 2.29. The molecular formula is C17H19F3N6OS. The molecule has 3 rings (SSSR count). The average Bonchev–Trinajstić information content (AvgIpc) is 2.72. The Morgan fingerprint density at radius 1 is 1.00 bits per heavy atom. The van der Waals surface area contributed by atoms with Crippen LogP contribution in [0, 0.1) is 0 Å². The number of aromatic nitrogens is 2. The van der Waals surface area contributed by atoms with Gasteiger partial charge in [0.15, 0.2) is 0 Å². The van der Waals surface area contributed by atoms with E-state index in [1.54, 1.807) is 6.20 Å². The van der Waals surface area contributed by atoms with Crippen molar-refractivity contribution in [2.24, 2.45) is 0 Å². The maximum absolute atomic E-state index is 12.6. The summed E-state index contributed by atoms with van der Waals surface area (Å²) in [7, 11) is 1.54. The summed E-state index contributed by atoms with van der Waals surface area (Å²) in [6.45, 7) is 2.63. The summed E-state index contributed by atoms with van der Waals surface area (Å²) in [4.78, 5) is 24.4. The maximum atomic E-state index is 12.6. The molecule has 1 aliphatic rings. The Kier molecular flexibility index (Phi) is 6.12. The smallest absolute Gasteiger partial charge is 0.353 e. The third kappa shape index (κ3) is 4.97. The van der Waals surface area contributed by atoms with Gasteiger partial charge in [-0.25, -0.2) is 14.8 Å². The Balaban J connectivity index is 1.54. The molecule has 150 valence electrons. The number of hydrogen-bond donors (Lipinski definition) is 2. The molecule has 28 heavy (non-hydrogen) atoms. The van der Waals surface area contributed by atoms with Crippen LogP contribution in [0.5, 0.6) is 0 Å². The van der Waals surface area contributed by atoms with Gasteiger partial charge in [-0.15, -0.1) is 0 Å². The van der Waals surface area contributed by atoms with E-state index in [4.69, 9.17) is 0 Å². The Bertz CT molecular complexity index is 792. The number of urea groups is 1. The van der Waals surface area contributed by atoms with Crippen LogP contribution in [0.3, 0.4) is 0 Å². The number of nitrogens with zero attached hydrogens (tertiary/aromatic N) is 4. The molecule has 0 saturated carbocycles. The summed E-state index contributed by atoms with van der Waals surface area (Å²) in [6, 6.07) is 5.91. The molecule has 0 radical (unpaired) electrons. The monoisotopic (exact) mass is 412 g/mol. The van der Waals surface area contributed by atoms with Crippen molar-refractivity contribution < 1.29 is 18.0 Å². The van der Waals surface area contributed by atoms with Crippen molar-refractivity contribution in [3.05, 3.63) is 42.2 Å². The Morgan fingerprint density at radius 3 is 2.00 bits per heavy atom. The van der Waals surface area contributed by atoms with Crippen molar-refractivity contribution in [1.82, 2.24) is 20.0 Å². The zero-order chi connectivity index (χ0) is 20.1. The number of anilines is 2. The largest absolute Gasteiger partial charge is 0.417 e. The van der Waals surface area contributed by atoms with E-state index in [9.17, 15) is 18.0 Å². The Hall–Kier alpha value is -2.69. The molecule has 0 spiro atoms. The molecule has 0 aromatic carbocycles. The van der Waals surface area contributed by atoms with Crippen LogP contribution in [0.2, 0.25) is 0 Å². The van der Waals surface area contributed by atoms with E-state index in [1.165, 1.54) is 25.1 Å². The number of rotatable bonds is 4. The lowest BCUT2D eigenvalue weighted by Gasteiger charge is -2.36. The second-order valence-corrected chi connectivity index (χ2v) is 6.89. The molecule has 11 heteroatoms. The van der Waals surface area contributed by atoms with Gasteiger partial charge < -0.3 is 15.1 Å². The van der Waals surface area contributed by atoms with E-state index < -0.39 is 11.7 Å². The van der Waals surface area contributed by atoms with Gasteiger partial charge >= 0.3 is 12.2 Å². The van der Waals surface area contributed by atoms with E-state index in [2.05, 4.69) is 24.9 Å². The fourth-order valence-electron chi connectivity index (χ4n) is 2.68. The van der Waals surface area contributed by atoms with E-state index in [0.29, 0.717) is 32.0 Å². The summed E-state index contributed by atoms with van der Waals surface area (Å²) in [5.74, 6) is 1.34. The Morgan fingerprint density at radius 2 is 1.57 bits per heavy atom. The fraction of sp³-hybridized carbons (Fsp3) is 0.353. The molecule has 2 N–H and O–H groups in total. The molecule has 1 aliphatic heterocycles. The molecule has 0 bridgehead atoms. The molecule has 0 unspecified atom stereocenters. The second-order valence-electron chi connectivity index (χ2n) is 6.01. The molecule has 2 aromatic heterocycles. The third-order valence-corrected chi connectivity index (χ3v) is 4.98. The van der Waals surface area contributed by atoms with Crippen molar-refractivity contribution in [3.63, 3.8) is 0 Å². The number of carbonyl (C=O) groups is 1. The lowest BCUT2D eigenvalue weighted by molar-refractivity contribution is -0.137. The number of alkyl halides is 3. The van der Waals surface area contributed by atoms with Crippen LogP contribution in [-0.4, -0.2) is 49.2 Å². The summed E-state index contributed by atoms with van der Waals surface area (Å²) in [5.41, 5.74) is -0.747. The summed E-state index contributed by atoms with van der Waals surface area (Å²) in [5, 5.41) is 2.46. The highest BCUT2D eigenvalue weighted by Gasteiger charge is 2.31. The number of halogens is 3. The van der Waals surface area contributed by atoms with E-state index in [-0.39, 0.29) is 6.03 Å². The molecule has 0 aliphatic carbocycles. The zero-order valence-corrected chi connectivity index (χ0v) is 15.8. The molecule has 1 saturated heterocycles. The minimum Gasteiger partial charge on any atom is -0.353 e. The lowest BCUT2D eigenvalue weighted by atomic mass is 10.2. The zero-order valence-electron chi connectivity index (χ0n) is 15.0. The van der Waals surface area contributed by atoms with Crippen LogP contribution in [0.1, 0.15) is 5.56 Å². The van der Waals surface area contributed by atoms with Gasteiger partial charge in [-0.2, -0.15) is 13.2 Å². The highest BCUT2D eigenvalue weighted by molar-refractivity contribution is 7.98. The number of hydrogen-bond acceptors (Lipinski definition) is 6. The molecule has 2 aromatic rings. The molecule has 0 atom stereocenters. The van der Waals surface area contributed by atoms with Crippen molar-refractivity contribution in [2.75, 3.05) is 43.0 Å². The van der Waals surface area contributed by atoms with Crippen molar-refractivity contribution in [2.45, 2.75) is 11.1 Å². The minimum atomic E-state index is -4.38. The molecular weight excluding hydrogens is 393 g/mol. The first-order chi connectivity index (χ1) is 13.4. The van der Waals surface area contributed by atoms with Gasteiger partial charge in [0.1, 0.15) is 11.6 Å². The van der Waals surface area contributed by atoms with Gasteiger partial charge in [0, 0.05) is 50.5 Å². The number of nitrogens with one attached hydrogen (secondary N) is 2. The number of carbonyl (C=O) groups excluding carboxylic acids is 1. The van der Waals surface area contributed by atoms with Gasteiger partial charge in [-0.3, -0.25) is 4.72 Å². The fourth-order valence-corrected chi connectivity index (χ4v) is 3.24. The van der Waals surface area contributed by atoms with Gasteiger partial charge in [0.25, 0.3) is 0 Å². The molecule has 1 fully saturated rings. The third-order valence-electron chi connectivity index (χ3n) is 4.21. The summed E-state index contributed by atoms with van der Waals surface area (Å²) >= 11 is 1.17. The normalized spacial score (nSPS) is 14.7. The van der Waals surface area contributed by atoms with Gasteiger partial charge in [-0.1, -0.05) is 0 Å². The molecule has 7 nitrogen and oxygen atoms in total. The topological polar surface area (TPSA) is 73.4 Å². The summed E-state index contributed by atoms with van der Waals surface area (Å²) in [6.07, 6.45) is -1.83. The number of pyridine rings is 2. The average molecular weight is 412 g/mol. The predicted octanol–water partition coefficient (Wildman–Crippen LogP) is 2.76. The van der Waals surface area contributed by atoms with Crippen LogP contribution >= 0.6 is 11.9 Å². The maximum Gasteiger partial charge on any atom is 0.417 e. The molecule has 3 heterocycles. The summed E-state index contributed by atoms with van der Waals surface area (Å²) < 4.78 is 40.5. The first kappa shape index (κ1) is 20.1. The van der Waals surface area contributed by atoms with Gasteiger partial charge in [-0.05, 0) is 36.2 Å². The predicted molar refractivity (Wildman–Crippen MR) is 101 cm³/mol. The van der Waals surface area contributed by atoms with Gasteiger partial charge in [0.05, 0.1) is 5.56 Å². The quantitative estimate of drug-likeness (QED) is 0.753. The van der Waals surface area contributed by atoms with Crippen molar-refractivity contribution >= 4 is 29.6 Å². The van der Waals surface area contributed by atoms with Crippen LogP contribution in [0.25, 0.3) is 0 Å². The van der Waals surface area contributed by atoms with Crippen LogP contribution in [-0.2, 0) is 6.18 Å². The van der Waals surface area contributed by atoms with E-state index in [1.807, 2.05) is 17.0 Å². The second kappa shape index (κ2) is 8.55. The minimum absolute atomic E-state index is 0.290. The number of piperazine rings is 1.